The molecule has 0 aliphatic rings. The lowest BCUT2D eigenvalue weighted by molar-refractivity contribution is 0.288. The highest BCUT2D eigenvalue weighted by molar-refractivity contribution is 5.71. The van der Waals surface area contributed by atoms with Gasteiger partial charge in [0.1, 0.15) is 12.4 Å². The Morgan fingerprint density at radius 1 is 0.964 bits per heavy atom. The van der Waals surface area contributed by atoms with E-state index in [9.17, 15) is 0 Å². The summed E-state index contributed by atoms with van der Waals surface area (Å²) in [5.41, 5.74) is 24.4. The fourth-order valence-corrected chi connectivity index (χ4v) is 3.29. The van der Waals surface area contributed by atoms with Gasteiger partial charge in [-0.3, -0.25) is 0 Å². The van der Waals surface area contributed by atoms with Crippen molar-refractivity contribution in [2.75, 3.05) is 23.8 Å². The fourth-order valence-electron chi connectivity index (χ4n) is 3.29. The molecule has 6 nitrogen and oxygen atoms in total. The van der Waals surface area contributed by atoms with Gasteiger partial charge in [-0.2, -0.15) is 0 Å². The molecule has 0 amide bonds. The maximum absolute atomic E-state index is 8.98. The number of nitrogen functional groups attached to an aromatic ring is 3. The van der Waals surface area contributed by atoms with Crippen molar-refractivity contribution in [3.63, 3.8) is 0 Å². The van der Waals surface area contributed by atoms with Crippen LogP contribution in [0.1, 0.15) is 30.2 Å². The Hall–Kier alpha value is -3.12. The minimum absolute atomic E-state index is 0.133. The number of aliphatic hydroxyl groups excluding tert-OH is 1. The largest absolute Gasteiger partial charge is 0.483 e. The standard InChI is InChI=1S/C22H28N4O2/c1-2-14-5-7-16(8-6-14)17-12-21(25)26-20(17)13-28-22-18(23)10-15(4-3-9-27)11-19(22)24/h5-8,10-12,26-27H,2-4,9,13,23-25H2,1H3. The van der Waals surface area contributed by atoms with Crippen LogP contribution >= 0.6 is 0 Å². The first kappa shape index (κ1) is 19.6. The summed E-state index contributed by atoms with van der Waals surface area (Å²) in [6, 6.07) is 14.0. The Morgan fingerprint density at radius 2 is 1.64 bits per heavy atom. The molecule has 0 radical (unpaired) electrons. The van der Waals surface area contributed by atoms with E-state index in [0.29, 0.717) is 29.4 Å². The van der Waals surface area contributed by atoms with Crippen LogP contribution in [0.25, 0.3) is 11.1 Å². The number of benzene rings is 2. The van der Waals surface area contributed by atoms with Gasteiger partial charge < -0.3 is 32.0 Å². The Balaban J connectivity index is 1.80. The Kier molecular flexibility index (Phi) is 6.11. The Morgan fingerprint density at radius 3 is 2.25 bits per heavy atom. The van der Waals surface area contributed by atoms with Crippen LogP contribution in [0, 0.1) is 0 Å². The third kappa shape index (κ3) is 4.40. The van der Waals surface area contributed by atoms with E-state index in [4.69, 9.17) is 27.0 Å². The van der Waals surface area contributed by atoms with Crippen molar-refractivity contribution in [3.05, 3.63) is 59.3 Å². The molecule has 6 heteroatoms. The molecule has 1 heterocycles. The number of aryl methyl sites for hydroxylation is 2. The molecule has 0 spiro atoms. The van der Waals surface area contributed by atoms with Gasteiger partial charge in [0.15, 0.2) is 5.75 Å². The van der Waals surface area contributed by atoms with E-state index in [1.807, 2.05) is 18.2 Å². The Bertz CT molecular complexity index is 909. The van der Waals surface area contributed by atoms with E-state index >= 15 is 0 Å². The number of hydrogen-bond donors (Lipinski definition) is 5. The number of H-pyrrole nitrogens is 1. The van der Waals surface area contributed by atoms with Gasteiger partial charge in [-0.1, -0.05) is 31.2 Å². The topological polar surface area (TPSA) is 123 Å². The molecular formula is C22H28N4O2. The van der Waals surface area contributed by atoms with Crippen molar-refractivity contribution >= 4 is 17.2 Å². The van der Waals surface area contributed by atoms with E-state index in [0.717, 1.165) is 35.2 Å². The lowest BCUT2D eigenvalue weighted by atomic mass is 10.0. The SMILES string of the molecule is CCc1ccc(-c2cc(N)[nH]c2COc2c(N)cc(CCCO)cc2N)cc1. The second-order valence-corrected chi connectivity index (χ2v) is 6.89. The first-order chi connectivity index (χ1) is 13.5. The van der Waals surface area contributed by atoms with Crippen LogP contribution in [0.3, 0.4) is 0 Å². The molecule has 0 saturated heterocycles. The number of rotatable bonds is 8. The lowest BCUT2D eigenvalue weighted by Crippen LogP contribution is -2.05. The third-order valence-corrected chi connectivity index (χ3v) is 4.78. The van der Waals surface area contributed by atoms with Gasteiger partial charge in [0, 0.05) is 12.2 Å². The minimum atomic E-state index is 0.133. The summed E-state index contributed by atoms with van der Waals surface area (Å²) in [6.07, 6.45) is 2.38. The summed E-state index contributed by atoms with van der Waals surface area (Å²) < 4.78 is 5.95. The quantitative estimate of drug-likeness (QED) is 0.383. The minimum Gasteiger partial charge on any atom is -0.483 e. The normalized spacial score (nSPS) is 10.9. The van der Waals surface area contributed by atoms with Gasteiger partial charge in [-0.05, 0) is 54.2 Å². The maximum Gasteiger partial charge on any atom is 0.165 e. The van der Waals surface area contributed by atoms with Gasteiger partial charge in [-0.15, -0.1) is 0 Å². The highest BCUT2D eigenvalue weighted by Gasteiger charge is 2.13. The molecule has 3 rings (SSSR count). The molecule has 0 aliphatic heterocycles. The zero-order chi connectivity index (χ0) is 20.1. The molecule has 0 unspecified atom stereocenters. The molecule has 0 aliphatic carbocycles. The molecular weight excluding hydrogens is 352 g/mol. The van der Waals surface area contributed by atoms with E-state index in [-0.39, 0.29) is 13.2 Å². The van der Waals surface area contributed by atoms with Crippen molar-refractivity contribution < 1.29 is 9.84 Å². The molecule has 3 aromatic rings. The van der Waals surface area contributed by atoms with Crippen LogP contribution < -0.4 is 21.9 Å². The van der Waals surface area contributed by atoms with Gasteiger partial charge in [0.05, 0.1) is 17.1 Å². The third-order valence-electron chi connectivity index (χ3n) is 4.78. The maximum atomic E-state index is 8.98. The van der Waals surface area contributed by atoms with E-state index in [2.05, 4.69) is 36.2 Å². The van der Waals surface area contributed by atoms with Gasteiger partial charge in [0.2, 0.25) is 0 Å². The van der Waals surface area contributed by atoms with Crippen molar-refractivity contribution in [1.82, 2.24) is 4.98 Å². The van der Waals surface area contributed by atoms with Crippen molar-refractivity contribution in [3.8, 4) is 16.9 Å². The molecule has 2 aromatic carbocycles. The first-order valence-corrected chi connectivity index (χ1v) is 9.50. The predicted octanol–water partition coefficient (Wildman–Crippen LogP) is 3.49. The molecule has 8 N–H and O–H groups in total. The summed E-state index contributed by atoms with van der Waals surface area (Å²) in [6.45, 7) is 2.53. The first-order valence-electron chi connectivity index (χ1n) is 9.50. The number of ether oxygens (including phenoxy) is 1. The molecule has 0 saturated carbocycles. The van der Waals surface area contributed by atoms with E-state index in [1.54, 1.807) is 0 Å². The summed E-state index contributed by atoms with van der Waals surface area (Å²) >= 11 is 0. The number of nitrogens with one attached hydrogen (secondary N) is 1. The van der Waals surface area contributed by atoms with Crippen molar-refractivity contribution in [2.24, 2.45) is 0 Å². The van der Waals surface area contributed by atoms with Crippen LogP contribution in [0.15, 0.2) is 42.5 Å². The van der Waals surface area contributed by atoms with Crippen LogP contribution in [0.5, 0.6) is 5.75 Å². The van der Waals surface area contributed by atoms with Gasteiger partial charge in [0.25, 0.3) is 0 Å². The molecule has 28 heavy (non-hydrogen) atoms. The predicted molar refractivity (Wildman–Crippen MR) is 115 cm³/mol. The van der Waals surface area contributed by atoms with Crippen LogP contribution in [0.4, 0.5) is 17.2 Å². The average Bonchev–Trinajstić information content (AvgIpc) is 3.06. The summed E-state index contributed by atoms with van der Waals surface area (Å²) in [7, 11) is 0. The lowest BCUT2D eigenvalue weighted by Gasteiger charge is -2.14. The zero-order valence-electron chi connectivity index (χ0n) is 16.2. The molecule has 148 valence electrons. The summed E-state index contributed by atoms with van der Waals surface area (Å²) in [5, 5.41) is 8.98. The number of aromatic amines is 1. The fraction of sp³-hybridized carbons (Fsp3) is 0.273. The van der Waals surface area contributed by atoms with Crippen LogP contribution in [-0.4, -0.2) is 16.7 Å². The number of nitrogens with two attached hydrogens (primary N) is 3. The Labute approximate surface area is 165 Å². The van der Waals surface area contributed by atoms with Crippen LogP contribution in [-0.2, 0) is 19.4 Å². The second-order valence-electron chi connectivity index (χ2n) is 6.89. The number of aromatic nitrogens is 1. The van der Waals surface area contributed by atoms with Gasteiger partial charge >= 0.3 is 0 Å². The summed E-state index contributed by atoms with van der Waals surface area (Å²) in [4.78, 5) is 3.16. The number of anilines is 3. The molecule has 0 atom stereocenters. The van der Waals surface area contributed by atoms with Gasteiger partial charge in [-0.25, -0.2) is 0 Å². The number of hydrogen-bond acceptors (Lipinski definition) is 5. The molecule has 0 bridgehead atoms. The van der Waals surface area contributed by atoms with Crippen LogP contribution in [0.2, 0.25) is 0 Å². The molecule has 0 fully saturated rings. The number of aliphatic hydroxyl groups is 1. The highest BCUT2D eigenvalue weighted by Crippen LogP contribution is 2.33. The summed E-state index contributed by atoms with van der Waals surface area (Å²) in [5.74, 6) is 1.04. The monoisotopic (exact) mass is 380 g/mol. The smallest absolute Gasteiger partial charge is 0.165 e. The van der Waals surface area contributed by atoms with E-state index < -0.39 is 0 Å². The highest BCUT2D eigenvalue weighted by atomic mass is 16.5. The molecule has 1 aromatic heterocycles. The van der Waals surface area contributed by atoms with Crippen molar-refractivity contribution in [2.45, 2.75) is 32.8 Å². The average molecular weight is 380 g/mol. The van der Waals surface area contributed by atoms with E-state index in [1.165, 1.54) is 5.56 Å². The zero-order valence-corrected chi connectivity index (χ0v) is 16.2. The van der Waals surface area contributed by atoms with Crippen molar-refractivity contribution in [1.29, 1.82) is 0 Å². The second kappa shape index (κ2) is 8.71.